The topological polar surface area (TPSA) is 109 Å². The van der Waals surface area contributed by atoms with Crippen molar-refractivity contribution in [1.82, 2.24) is 4.98 Å². The Bertz CT molecular complexity index is 1360. The SMILES string of the molecule is N#Cc1c(N)nc2c(c1N)C(c1ccc(Br)cc1)C1=C(CCCC1=O)N2c1ccc(Br)cc1. The van der Waals surface area contributed by atoms with Gasteiger partial charge in [0, 0.05) is 43.8 Å². The number of ketones is 1. The van der Waals surface area contributed by atoms with Crippen molar-refractivity contribution in [3.63, 3.8) is 0 Å². The number of hydrogen-bond donors (Lipinski definition) is 2. The monoisotopic (exact) mass is 563 g/mol. The molecule has 2 heterocycles. The number of nitrogens with zero attached hydrogens (tertiary/aromatic N) is 3. The van der Waals surface area contributed by atoms with Crippen molar-refractivity contribution in [1.29, 1.82) is 5.26 Å². The number of benzene rings is 2. The number of carbonyl (C=O) groups excluding carboxylic acids is 1. The van der Waals surface area contributed by atoms with Crippen LogP contribution in [0.15, 0.2) is 68.7 Å². The minimum atomic E-state index is -0.428. The number of nitrogen functional groups attached to an aromatic ring is 2. The Balaban J connectivity index is 1.88. The van der Waals surface area contributed by atoms with Gasteiger partial charge in [0.25, 0.3) is 0 Å². The van der Waals surface area contributed by atoms with E-state index in [1.807, 2.05) is 53.4 Å². The second kappa shape index (κ2) is 8.32. The fourth-order valence-corrected chi connectivity index (χ4v) is 5.26. The minimum absolute atomic E-state index is 0.0802. The number of anilines is 4. The van der Waals surface area contributed by atoms with Crippen LogP contribution in [0.4, 0.5) is 23.0 Å². The Hall–Kier alpha value is -3.15. The molecule has 2 aliphatic rings. The summed E-state index contributed by atoms with van der Waals surface area (Å²) in [6, 6.07) is 17.7. The molecule has 1 atom stereocenters. The molecule has 2 aromatic carbocycles. The third kappa shape index (κ3) is 3.52. The second-order valence-electron chi connectivity index (χ2n) is 8.07. The lowest BCUT2D eigenvalue weighted by molar-refractivity contribution is -0.116. The van der Waals surface area contributed by atoms with Crippen molar-refractivity contribution in [3.8, 4) is 6.07 Å². The van der Waals surface area contributed by atoms with Crippen molar-refractivity contribution in [2.24, 2.45) is 0 Å². The van der Waals surface area contributed by atoms with Crippen molar-refractivity contribution in [2.45, 2.75) is 25.2 Å². The first-order chi connectivity index (χ1) is 15.9. The number of rotatable bonds is 2. The minimum Gasteiger partial charge on any atom is -0.397 e. The number of halogens is 2. The summed E-state index contributed by atoms with van der Waals surface area (Å²) in [4.78, 5) is 20.1. The zero-order valence-corrected chi connectivity index (χ0v) is 20.6. The molecule has 5 rings (SSSR count). The molecule has 164 valence electrons. The van der Waals surface area contributed by atoms with Crippen LogP contribution >= 0.6 is 31.9 Å². The van der Waals surface area contributed by atoms with Gasteiger partial charge >= 0.3 is 0 Å². The fourth-order valence-electron chi connectivity index (χ4n) is 4.73. The first kappa shape index (κ1) is 21.7. The molecule has 0 bridgehead atoms. The third-order valence-electron chi connectivity index (χ3n) is 6.17. The zero-order valence-electron chi connectivity index (χ0n) is 17.5. The Morgan fingerprint density at radius 2 is 1.64 bits per heavy atom. The highest BCUT2D eigenvalue weighted by atomic mass is 79.9. The van der Waals surface area contributed by atoms with E-state index in [4.69, 9.17) is 11.5 Å². The van der Waals surface area contributed by atoms with E-state index in [0.29, 0.717) is 23.4 Å². The molecule has 1 aliphatic carbocycles. The molecular formula is C25H19Br2N5O. The van der Waals surface area contributed by atoms with Gasteiger partial charge in [0.05, 0.1) is 5.69 Å². The predicted molar refractivity (Wildman–Crippen MR) is 136 cm³/mol. The first-order valence-electron chi connectivity index (χ1n) is 10.5. The van der Waals surface area contributed by atoms with Gasteiger partial charge in [0.15, 0.2) is 5.78 Å². The summed E-state index contributed by atoms with van der Waals surface area (Å²) in [6.07, 6.45) is 1.96. The van der Waals surface area contributed by atoms with Crippen LogP contribution in [-0.2, 0) is 4.79 Å². The number of Topliss-reactive ketones (excluding diaryl/α,β-unsaturated/α-hetero) is 1. The van der Waals surface area contributed by atoms with Gasteiger partial charge in [-0.1, -0.05) is 44.0 Å². The molecule has 0 radical (unpaired) electrons. The maximum absolute atomic E-state index is 13.4. The van der Waals surface area contributed by atoms with E-state index in [1.54, 1.807) is 0 Å². The lowest BCUT2D eigenvalue weighted by Crippen LogP contribution is -2.34. The molecule has 0 saturated heterocycles. The van der Waals surface area contributed by atoms with Gasteiger partial charge in [0.1, 0.15) is 23.3 Å². The van der Waals surface area contributed by atoms with Crippen LogP contribution in [0.25, 0.3) is 0 Å². The number of allylic oxidation sites excluding steroid dienone is 2. The van der Waals surface area contributed by atoms with E-state index >= 15 is 0 Å². The molecule has 1 aromatic heterocycles. The lowest BCUT2D eigenvalue weighted by atomic mass is 9.74. The molecule has 0 amide bonds. The second-order valence-corrected chi connectivity index (χ2v) is 9.90. The highest BCUT2D eigenvalue weighted by molar-refractivity contribution is 9.10. The van der Waals surface area contributed by atoms with E-state index in [1.165, 1.54) is 0 Å². The highest BCUT2D eigenvalue weighted by Gasteiger charge is 2.42. The Morgan fingerprint density at radius 1 is 1.00 bits per heavy atom. The average molecular weight is 565 g/mol. The highest BCUT2D eigenvalue weighted by Crippen LogP contribution is 2.53. The van der Waals surface area contributed by atoms with Crippen LogP contribution < -0.4 is 16.4 Å². The summed E-state index contributed by atoms with van der Waals surface area (Å²) in [6.45, 7) is 0. The molecule has 1 unspecified atom stereocenters. The average Bonchev–Trinajstić information content (AvgIpc) is 2.80. The zero-order chi connectivity index (χ0) is 23.3. The van der Waals surface area contributed by atoms with Gasteiger partial charge in [-0.05, 0) is 54.8 Å². The molecular weight excluding hydrogens is 546 g/mol. The molecule has 4 N–H and O–H groups in total. The molecule has 0 saturated carbocycles. The van der Waals surface area contributed by atoms with Gasteiger partial charge in [-0.15, -0.1) is 0 Å². The lowest BCUT2D eigenvalue weighted by Gasteiger charge is -2.41. The summed E-state index contributed by atoms with van der Waals surface area (Å²) < 4.78 is 1.88. The van der Waals surface area contributed by atoms with Gasteiger partial charge < -0.3 is 11.5 Å². The number of nitrogens with two attached hydrogens (primary N) is 2. The fraction of sp³-hybridized carbons (Fsp3) is 0.160. The van der Waals surface area contributed by atoms with Crippen LogP contribution in [0.2, 0.25) is 0 Å². The van der Waals surface area contributed by atoms with Crippen molar-refractivity contribution < 1.29 is 4.79 Å². The van der Waals surface area contributed by atoms with Gasteiger partial charge in [-0.3, -0.25) is 9.69 Å². The van der Waals surface area contributed by atoms with Crippen LogP contribution in [0.5, 0.6) is 0 Å². The maximum Gasteiger partial charge on any atom is 0.161 e. The van der Waals surface area contributed by atoms with E-state index in [-0.39, 0.29) is 22.9 Å². The first-order valence-corrected chi connectivity index (χ1v) is 12.1. The number of fused-ring (bicyclic) bond motifs is 1. The van der Waals surface area contributed by atoms with Crippen molar-refractivity contribution in [2.75, 3.05) is 16.4 Å². The third-order valence-corrected chi connectivity index (χ3v) is 7.23. The van der Waals surface area contributed by atoms with E-state index in [2.05, 4.69) is 42.9 Å². The molecule has 8 heteroatoms. The smallest absolute Gasteiger partial charge is 0.161 e. The van der Waals surface area contributed by atoms with Crippen LogP contribution in [0.1, 0.15) is 41.9 Å². The summed E-state index contributed by atoms with van der Waals surface area (Å²) >= 11 is 6.97. The van der Waals surface area contributed by atoms with Crippen LogP contribution in [0.3, 0.4) is 0 Å². The summed E-state index contributed by atoms with van der Waals surface area (Å²) in [5.74, 6) is 0.304. The Morgan fingerprint density at radius 3 is 2.27 bits per heavy atom. The van der Waals surface area contributed by atoms with E-state index in [9.17, 15) is 10.1 Å². The standard InChI is InChI=1S/C25H19Br2N5O/c26-14-6-4-13(5-7-14)20-21-18(2-1-3-19(21)33)32(16-10-8-15(27)9-11-16)25-22(20)23(29)17(12-28)24(30)31-25/h4-11,20H,1-3H2,(H4,29,30,31). The molecule has 6 nitrogen and oxygen atoms in total. The number of pyridine rings is 1. The predicted octanol–water partition coefficient (Wildman–Crippen LogP) is 5.93. The van der Waals surface area contributed by atoms with Crippen molar-refractivity contribution in [3.05, 3.63) is 85.4 Å². The quantitative estimate of drug-likeness (QED) is 0.399. The number of nitriles is 1. The maximum atomic E-state index is 13.4. The molecule has 0 fully saturated rings. The number of aromatic nitrogens is 1. The normalized spacial score (nSPS) is 17.4. The van der Waals surface area contributed by atoms with E-state index in [0.717, 1.165) is 38.7 Å². The Kier molecular flexibility index (Phi) is 5.47. The Labute approximate surface area is 208 Å². The summed E-state index contributed by atoms with van der Waals surface area (Å²) in [5, 5.41) is 9.74. The molecule has 33 heavy (non-hydrogen) atoms. The van der Waals surface area contributed by atoms with Gasteiger partial charge in [-0.25, -0.2) is 4.98 Å². The van der Waals surface area contributed by atoms with Crippen LogP contribution in [-0.4, -0.2) is 10.8 Å². The molecule has 1 aliphatic heterocycles. The van der Waals surface area contributed by atoms with Gasteiger partial charge in [-0.2, -0.15) is 5.26 Å². The van der Waals surface area contributed by atoms with Crippen LogP contribution in [0, 0.1) is 11.3 Å². The largest absolute Gasteiger partial charge is 0.397 e. The molecule has 3 aromatic rings. The van der Waals surface area contributed by atoms with E-state index < -0.39 is 5.92 Å². The van der Waals surface area contributed by atoms with Gasteiger partial charge in [0.2, 0.25) is 0 Å². The summed E-state index contributed by atoms with van der Waals surface area (Å²) in [7, 11) is 0. The molecule has 0 spiro atoms. The number of hydrogen-bond acceptors (Lipinski definition) is 6. The summed E-state index contributed by atoms with van der Waals surface area (Å²) in [5.41, 5.74) is 17.2. The van der Waals surface area contributed by atoms with Crippen molar-refractivity contribution >= 4 is 60.7 Å². The number of carbonyl (C=O) groups is 1.